The highest BCUT2D eigenvalue weighted by Crippen LogP contribution is 2.30. The second-order valence-corrected chi connectivity index (χ2v) is 9.00. The fourth-order valence-corrected chi connectivity index (χ4v) is 4.37. The molecule has 6 heteroatoms. The number of thioether (sulfide) groups is 2. The van der Waals surface area contributed by atoms with E-state index in [0.29, 0.717) is 0 Å². The van der Waals surface area contributed by atoms with Crippen LogP contribution in [0.5, 0.6) is 5.75 Å². The van der Waals surface area contributed by atoms with Crippen molar-refractivity contribution in [3.8, 4) is 5.75 Å². The van der Waals surface area contributed by atoms with Gasteiger partial charge in [-0.25, -0.2) is 0 Å². The van der Waals surface area contributed by atoms with Crippen LogP contribution in [0, 0.1) is 0 Å². The molecule has 30 heavy (non-hydrogen) atoms. The van der Waals surface area contributed by atoms with Crippen LogP contribution in [0.15, 0.2) is 57.5 Å². The summed E-state index contributed by atoms with van der Waals surface area (Å²) < 4.78 is 5.82. The maximum absolute atomic E-state index is 6.12. The van der Waals surface area contributed by atoms with Crippen molar-refractivity contribution in [2.75, 3.05) is 23.6 Å². The van der Waals surface area contributed by atoms with E-state index in [-0.39, 0.29) is 0 Å². The Labute approximate surface area is 196 Å². The number of unbranched alkanes of at least 4 members (excludes halogenated alkanes) is 5. The Balaban J connectivity index is 0.00000218. The molecule has 2 rings (SSSR count). The third kappa shape index (κ3) is 11.9. The number of nitrogens with two attached hydrogens (primary N) is 1. The highest BCUT2D eigenvalue weighted by atomic mass is 35.5. The zero-order chi connectivity index (χ0) is 22.0. The average Bonchev–Trinajstić information content (AvgIpc) is 2.78. The van der Waals surface area contributed by atoms with Crippen molar-refractivity contribution in [3.63, 3.8) is 0 Å². The lowest BCUT2D eigenvalue weighted by Gasteiger charge is -2.11. The Morgan fingerprint density at radius 2 is 1.83 bits per heavy atom. The smallest absolute Gasteiger partial charge is 0.119 e. The van der Waals surface area contributed by atoms with Crippen LogP contribution in [0.4, 0.5) is 5.69 Å². The lowest BCUT2D eigenvalue weighted by Crippen LogP contribution is -2.02. The number of allylic oxidation sites excluding steroid dienone is 2. The fraction of sp³-hybridized carbons (Fsp3) is 0.500. The first-order valence-corrected chi connectivity index (χ1v) is 13.3. The molecule has 1 aromatic carbocycles. The first kappa shape index (κ1) is 26.9. The van der Waals surface area contributed by atoms with Gasteiger partial charge in [0.1, 0.15) is 5.75 Å². The molecule has 1 aliphatic rings. The molecule has 1 heterocycles. The Bertz CT molecular complexity index is 672. The van der Waals surface area contributed by atoms with E-state index in [9.17, 15) is 0 Å². The van der Waals surface area contributed by atoms with Gasteiger partial charge in [-0.15, -0.1) is 23.5 Å². The van der Waals surface area contributed by atoms with Crippen molar-refractivity contribution in [2.45, 2.75) is 59.3 Å². The molecule has 3 N–H and O–H groups in total. The summed E-state index contributed by atoms with van der Waals surface area (Å²) in [6.07, 6.45) is 11.6. The summed E-state index contributed by atoms with van der Waals surface area (Å²) in [5.41, 5.74) is 7.98. The molecule has 1 aromatic rings. The van der Waals surface area contributed by atoms with Gasteiger partial charge in [-0.1, -0.05) is 64.5 Å². The van der Waals surface area contributed by atoms with Gasteiger partial charge in [0, 0.05) is 21.4 Å². The minimum Gasteiger partial charge on any atom is -0.494 e. The van der Waals surface area contributed by atoms with E-state index in [1.807, 2.05) is 43.5 Å². The molecule has 0 bridgehead atoms. The zero-order valence-electron chi connectivity index (χ0n) is 18.6. The Kier molecular flexibility index (Phi) is 15.7. The molecule has 0 aromatic heterocycles. The monoisotopic (exact) mass is 468 g/mol. The molecule has 168 valence electrons. The van der Waals surface area contributed by atoms with Gasteiger partial charge in [-0.3, -0.25) is 0 Å². The number of halogens is 1. The summed E-state index contributed by atoms with van der Waals surface area (Å²) in [6.45, 7) is 7.04. The standard InChI is InChI=1S/C22H31ClN2OS2.C2H6/c1-2-3-4-5-6-7-14-26-20-11-9-19(10-12-20)25-17-27-16-21(24)22-13-8-18(23)15-28-22;1-2/h8-13,16,25H,2-7,14-15,17,24H2,1H3;1-2H3/b21-16-;. The molecule has 1 aliphatic heterocycles. The van der Waals surface area contributed by atoms with Gasteiger partial charge in [0.2, 0.25) is 0 Å². The topological polar surface area (TPSA) is 47.3 Å². The van der Waals surface area contributed by atoms with Gasteiger partial charge in [0.15, 0.2) is 0 Å². The van der Waals surface area contributed by atoms with Gasteiger partial charge in [-0.05, 0) is 48.2 Å². The number of rotatable bonds is 13. The van der Waals surface area contributed by atoms with E-state index in [4.69, 9.17) is 22.1 Å². The summed E-state index contributed by atoms with van der Waals surface area (Å²) in [7, 11) is 0. The number of hydrogen-bond acceptors (Lipinski definition) is 5. The summed E-state index contributed by atoms with van der Waals surface area (Å²) in [5, 5.41) is 6.22. The third-order valence-electron chi connectivity index (χ3n) is 4.26. The SMILES string of the molecule is CC.CCCCCCCCOc1ccc(NCS/C=C(\N)C2=CC=C(Cl)CS2)cc1. The van der Waals surface area contributed by atoms with E-state index in [0.717, 1.165) is 51.7 Å². The Morgan fingerprint density at radius 1 is 1.13 bits per heavy atom. The molecule has 0 saturated heterocycles. The molecule has 0 radical (unpaired) electrons. The molecule has 3 nitrogen and oxygen atoms in total. The second-order valence-electron chi connectivity index (χ2n) is 6.63. The summed E-state index contributed by atoms with van der Waals surface area (Å²) in [4.78, 5) is 1.07. The summed E-state index contributed by atoms with van der Waals surface area (Å²) in [5.74, 6) is 2.48. The van der Waals surface area contributed by atoms with Crippen molar-refractivity contribution >= 4 is 40.8 Å². The average molecular weight is 469 g/mol. The van der Waals surface area contributed by atoms with Crippen LogP contribution in [0.2, 0.25) is 0 Å². The Morgan fingerprint density at radius 3 is 2.50 bits per heavy atom. The number of anilines is 1. The van der Waals surface area contributed by atoms with E-state index in [1.54, 1.807) is 23.5 Å². The van der Waals surface area contributed by atoms with E-state index in [2.05, 4.69) is 24.4 Å². The molecule has 0 aliphatic carbocycles. The molecule has 0 unspecified atom stereocenters. The van der Waals surface area contributed by atoms with Crippen LogP contribution in [0.25, 0.3) is 0 Å². The predicted octanol–water partition coefficient (Wildman–Crippen LogP) is 8.11. The van der Waals surface area contributed by atoms with E-state index in [1.165, 1.54) is 32.1 Å². The largest absolute Gasteiger partial charge is 0.494 e. The van der Waals surface area contributed by atoms with Crippen LogP contribution in [0.1, 0.15) is 59.3 Å². The number of ether oxygens (including phenoxy) is 1. The Hall–Kier alpha value is -1.17. The predicted molar refractivity (Wildman–Crippen MR) is 139 cm³/mol. The molecule has 0 atom stereocenters. The van der Waals surface area contributed by atoms with Gasteiger partial charge in [-0.2, -0.15) is 0 Å². The van der Waals surface area contributed by atoms with Crippen molar-refractivity contribution in [3.05, 3.63) is 57.5 Å². The first-order valence-electron chi connectivity index (χ1n) is 10.9. The molecule has 0 fully saturated rings. The highest BCUT2D eigenvalue weighted by Gasteiger charge is 2.07. The van der Waals surface area contributed by atoms with Crippen LogP contribution < -0.4 is 15.8 Å². The normalized spacial score (nSPS) is 13.7. The fourth-order valence-electron chi connectivity index (χ4n) is 2.64. The molecular formula is C24H37ClN2OS2. The number of hydrogen-bond donors (Lipinski definition) is 2. The minimum absolute atomic E-state index is 0.757. The first-order chi connectivity index (χ1) is 14.7. The third-order valence-corrected chi connectivity index (χ3v) is 6.54. The van der Waals surface area contributed by atoms with Crippen molar-refractivity contribution in [2.24, 2.45) is 5.73 Å². The van der Waals surface area contributed by atoms with Crippen LogP contribution in [0.3, 0.4) is 0 Å². The van der Waals surface area contributed by atoms with Crippen molar-refractivity contribution < 1.29 is 4.74 Å². The van der Waals surface area contributed by atoms with Crippen LogP contribution in [-0.2, 0) is 0 Å². The zero-order valence-corrected chi connectivity index (χ0v) is 21.0. The lowest BCUT2D eigenvalue weighted by atomic mass is 10.1. The van der Waals surface area contributed by atoms with Crippen LogP contribution in [-0.4, -0.2) is 18.2 Å². The maximum Gasteiger partial charge on any atom is 0.119 e. The van der Waals surface area contributed by atoms with Gasteiger partial charge < -0.3 is 15.8 Å². The quantitative estimate of drug-likeness (QED) is 0.226. The molecule has 0 spiro atoms. The minimum atomic E-state index is 0.757. The molecule has 0 saturated carbocycles. The lowest BCUT2D eigenvalue weighted by molar-refractivity contribution is 0.304. The molecular weight excluding hydrogens is 432 g/mol. The van der Waals surface area contributed by atoms with Crippen LogP contribution >= 0.6 is 35.1 Å². The molecule has 0 amide bonds. The van der Waals surface area contributed by atoms with E-state index >= 15 is 0 Å². The summed E-state index contributed by atoms with van der Waals surface area (Å²) >= 11 is 9.27. The number of nitrogens with one attached hydrogen (secondary N) is 1. The summed E-state index contributed by atoms with van der Waals surface area (Å²) in [6, 6.07) is 8.15. The van der Waals surface area contributed by atoms with Gasteiger partial charge >= 0.3 is 0 Å². The number of benzene rings is 1. The second kappa shape index (κ2) is 17.5. The highest BCUT2D eigenvalue weighted by molar-refractivity contribution is 8.04. The van der Waals surface area contributed by atoms with E-state index < -0.39 is 0 Å². The van der Waals surface area contributed by atoms with Gasteiger partial charge in [0.25, 0.3) is 0 Å². The maximum atomic E-state index is 6.12. The van der Waals surface area contributed by atoms with Crippen molar-refractivity contribution in [1.82, 2.24) is 0 Å². The van der Waals surface area contributed by atoms with Crippen molar-refractivity contribution in [1.29, 1.82) is 0 Å². The van der Waals surface area contributed by atoms with Gasteiger partial charge in [0.05, 0.1) is 18.2 Å².